The van der Waals surface area contributed by atoms with Crippen LogP contribution in [-0.4, -0.2) is 18.8 Å². The van der Waals surface area contributed by atoms with Gasteiger partial charge in [0.15, 0.2) is 0 Å². The van der Waals surface area contributed by atoms with Crippen LogP contribution in [0.25, 0.3) is 98.0 Å². The van der Waals surface area contributed by atoms with Gasteiger partial charge in [0.2, 0.25) is 0 Å². The van der Waals surface area contributed by atoms with Gasteiger partial charge in [0.05, 0.1) is 32.8 Å². The molecule has 0 N–H and O–H groups in total. The maximum atomic E-state index is 15.6. The summed E-state index contributed by atoms with van der Waals surface area (Å²) >= 11 is 0. The molecule has 0 aliphatic rings. The van der Waals surface area contributed by atoms with Gasteiger partial charge in [-0.15, -0.1) is 0 Å². The van der Waals surface area contributed by atoms with Gasteiger partial charge in [-0.2, -0.15) is 0 Å². The molecule has 352 valence electrons. The third-order valence-corrected chi connectivity index (χ3v) is 14.6. The second-order valence-electron chi connectivity index (χ2n) is 19.5. The highest BCUT2D eigenvalue weighted by Gasteiger charge is 2.32. The van der Waals surface area contributed by atoms with Gasteiger partial charge in [-0.1, -0.05) is 95.1 Å². The van der Waals surface area contributed by atoms with Gasteiger partial charge in [-0.3, -0.25) is 18.4 Å². The van der Waals surface area contributed by atoms with Gasteiger partial charge in [-0.25, -0.2) is 9.97 Å². The molecule has 0 saturated heterocycles. The van der Waals surface area contributed by atoms with Crippen LogP contribution in [0.2, 0.25) is 0 Å². The molecule has 4 heterocycles. The maximum absolute atomic E-state index is 15.6. The van der Waals surface area contributed by atoms with E-state index in [0.717, 1.165) is 22.3 Å². The minimum atomic E-state index is -0.257. The van der Waals surface area contributed by atoms with Crippen LogP contribution in [0.5, 0.6) is 46.0 Å². The van der Waals surface area contributed by atoms with Crippen molar-refractivity contribution in [2.75, 3.05) is 0 Å². The smallest absolute Gasteiger partial charge is 0.264 e. The third kappa shape index (κ3) is 6.05. The Morgan fingerprint density at radius 2 is 0.608 bits per heavy atom. The van der Waals surface area contributed by atoms with E-state index in [4.69, 9.17) is 28.9 Å². The molecule has 0 unspecified atom stereocenters. The van der Waals surface area contributed by atoms with Crippen molar-refractivity contribution in [3.05, 3.63) is 213 Å². The normalized spacial score (nSPS) is 12.2. The Balaban J connectivity index is 1.24. The van der Waals surface area contributed by atoms with Crippen molar-refractivity contribution in [3.8, 4) is 46.0 Å². The predicted octanol–water partition coefficient (Wildman–Crippen LogP) is 15.6. The molecule has 0 bridgehead atoms. The van der Waals surface area contributed by atoms with Crippen LogP contribution < -0.4 is 30.1 Å². The van der Waals surface area contributed by atoms with Crippen LogP contribution in [0.15, 0.2) is 179 Å². The molecule has 0 saturated carbocycles. The quantitative estimate of drug-likeness (QED) is 0.110. The SMILES string of the molecule is Cc1ccc(Oc2cc3c(=O)n4c5ccccc5nc4c4cc(Oc5ccc(C)cc5)c5c6c(Oc7ccc(C)cc7)cc7c(=O)n8c9ccccc9nc8c8cc(Oc9ccc(C)cc9)c(c2c5c34)c6c78)cc1. The molecular weight excluding hydrogens is 921 g/mol. The molecule has 0 atom stereocenters. The number of nitrogens with zero attached hydrogens (tertiary/aromatic N) is 4. The number of hydrogen-bond acceptors (Lipinski definition) is 8. The highest BCUT2D eigenvalue weighted by molar-refractivity contribution is 6.44. The summed E-state index contributed by atoms with van der Waals surface area (Å²) < 4.78 is 32.2. The molecule has 0 spiro atoms. The van der Waals surface area contributed by atoms with Crippen molar-refractivity contribution in [2.24, 2.45) is 0 Å². The molecule has 0 fully saturated rings. The minimum Gasteiger partial charge on any atom is -0.457 e. The van der Waals surface area contributed by atoms with E-state index in [9.17, 15) is 0 Å². The van der Waals surface area contributed by atoms with Crippen molar-refractivity contribution >= 4 is 98.0 Å². The number of fused-ring (bicyclic) bond motifs is 10. The molecule has 0 amide bonds. The number of pyridine rings is 2. The largest absolute Gasteiger partial charge is 0.457 e. The van der Waals surface area contributed by atoms with Gasteiger partial charge in [0.25, 0.3) is 11.1 Å². The lowest BCUT2D eigenvalue weighted by Gasteiger charge is -2.25. The lowest BCUT2D eigenvalue weighted by molar-refractivity contribution is 0.483. The van der Waals surface area contributed by atoms with Crippen molar-refractivity contribution in [1.29, 1.82) is 0 Å². The fourth-order valence-electron chi connectivity index (χ4n) is 11.2. The van der Waals surface area contributed by atoms with Crippen molar-refractivity contribution in [1.82, 2.24) is 18.8 Å². The summed E-state index contributed by atoms with van der Waals surface area (Å²) in [5.41, 5.74) is 7.42. The number of aryl methyl sites for hydroxylation is 4. The number of aromatic nitrogens is 4. The molecule has 15 rings (SSSR count). The second kappa shape index (κ2) is 15.4. The van der Waals surface area contributed by atoms with Crippen LogP contribution in [-0.2, 0) is 0 Å². The number of hydrogen-bond donors (Lipinski definition) is 0. The Labute approximate surface area is 420 Å². The van der Waals surface area contributed by atoms with Crippen LogP contribution in [0.1, 0.15) is 22.3 Å². The Kier molecular flexibility index (Phi) is 8.70. The fraction of sp³-hybridized carbons (Fsp3) is 0.0625. The Morgan fingerprint density at radius 3 is 0.919 bits per heavy atom. The molecule has 15 aromatic rings. The Morgan fingerprint density at radius 1 is 0.324 bits per heavy atom. The van der Waals surface area contributed by atoms with E-state index in [0.29, 0.717) is 144 Å². The van der Waals surface area contributed by atoms with E-state index in [1.165, 1.54) is 0 Å². The van der Waals surface area contributed by atoms with Crippen molar-refractivity contribution < 1.29 is 18.9 Å². The first kappa shape index (κ1) is 41.9. The summed E-state index contributed by atoms with van der Waals surface area (Å²) in [5.74, 6) is 4.04. The Hall–Kier alpha value is -9.80. The fourth-order valence-corrected chi connectivity index (χ4v) is 11.2. The van der Waals surface area contributed by atoms with Crippen LogP contribution in [0.4, 0.5) is 0 Å². The van der Waals surface area contributed by atoms with E-state index in [-0.39, 0.29) is 11.1 Å². The standard InChI is InChI=1S/C64H40N4O6/c1-33-13-21-37(22-14-33)71-49-29-41-53-43(63(69)67-47-11-7-5-9-45(47)65-61(41)67)32-52(74-40-27-19-36(4)20-28-40)58-56-50(72-38-23-15-34(2)16-24-38)30-42-54-44(64(70)68-48-12-8-6-10-46(48)66-62(42)68)31-51(57(60(54)56)55(49)59(53)58)73-39-25-17-35(3)18-26-39/h5-32H,1-4H3. The molecule has 11 aromatic carbocycles. The summed E-state index contributed by atoms with van der Waals surface area (Å²) in [6.07, 6.45) is 0. The number of ether oxygens (including phenoxy) is 4. The van der Waals surface area contributed by atoms with Crippen LogP contribution in [0.3, 0.4) is 0 Å². The third-order valence-electron chi connectivity index (χ3n) is 14.6. The minimum absolute atomic E-state index is 0.257. The summed E-state index contributed by atoms with van der Waals surface area (Å²) in [5, 5.41) is 7.43. The molecule has 10 heteroatoms. The predicted molar refractivity (Wildman–Crippen MR) is 295 cm³/mol. The average Bonchev–Trinajstić information content (AvgIpc) is 4.01. The summed E-state index contributed by atoms with van der Waals surface area (Å²) in [6, 6.07) is 54.6. The van der Waals surface area contributed by atoms with Crippen molar-refractivity contribution in [3.63, 3.8) is 0 Å². The van der Waals surface area contributed by atoms with Gasteiger partial charge in [-0.05, 0) is 125 Å². The monoisotopic (exact) mass is 960 g/mol. The van der Waals surface area contributed by atoms with E-state index in [2.05, 4.69) is 0 Å². The number of rotatable bonds is 8. The highest BCUT2D eigenvalue weighted by Crippen LogP contribution is 2.57. The van der Waals surface area contributed by atoms with E-state index < -0.39 is 0 Å². The zero-order valence-corrected chi connectivity index (χ0v) is 40.4. The molecule has 10 nitrogen and oxygen atoms in total. The molecular formula is C64H40N4O6. The van der Waals surface area contributed by atoms with Crippen LogP contribution in [0, 0.1) is 27.7 Å². The van der Waals surface area contributed by atoms with E-state index in [1.807, 2.05) is 198 Å². The zero-order chi connectivity index (χ0) is 49.7. The summed E-state index contributed by atoms with van der Waals surface area (Å²) in [6.45, 7) is 8.13. The highest BCUT2D eigenvalue weighted by atomic mass is 16.5. The molecule has 74 heavy (non-hydrogen) atoms. The number of para-hydroxylation sites is 4. The lowest BCUT2D eigenvalue weighted by atomic mass is 9.84. The summed E-state index contributed by atoms with van der Waals surface area (Å²) in [7, 11) is 0. The van der Waals surface area contributed by atoms with Gasteiger partial charge < -0.3 is 18.9 Å². The number of benzene rings is 11. The zero-order valence-electron chi connectivity index (χ0n) is 40.4. The first-order valence-corrected chi connectivity index (χ1v) is 24.5. The van der Waals surface area contributed by atoms with Gasteiger partial charge in [0, 0.05) is 53.9 Å². The first-order valence-electron chi connectivity index (χ1n) is 24.5. The van der Waals surface area contributed by atoms with E-state index in [1.54, 1.807) is 8.80 Å². The maximum Gasteiger partial charge on any atom is 0.264 e. The van der Waals surface area contributed by atoms with E-state index >= 15 is 9.59 Å². The topological polar surface area (TPSA) is 106 Å². The Bertz CT molecular complexity index is 4620. The first-order chi connectivity index (χ1) is 36.1. The van der Waals surface area contributed by atoms with Gasteiger partial charge in [0.1, 0.15) is 57.3 Å². The summed E-state index contributed by atoms with van der Waals surface area (Å²) in [4.78, 5) is 41.5. The molecule has 4 aromatic heterocycles. The number of imidazole rings is 2. The van der Waals surface area contributed by atoms with Crippen LogP contribution >= 0.6 is 0 Å². The molecule has 0 radical (unpaired) electrons. The molecule has 0 aliphatic carbocycles. The lowest BCUT2D eigenvalue weighted by Crippen LogP contribution is -2.15. The average molecular weight is 961 g/mol. The van der Waals surface area contributed by atoms with Crippen molar-refractivity contribution in [2.45, 2.75) is 27.7 Å². The second-order valence-corrected chi connectivity index (χ2v) is 19.5. The molecule has 0 aliphatic heterocycles. The van der Waals surface area contributed by atoms with Gasteiger partial charge >= 0.3 is 0 Å².